The molecule has 3 rings (SSSR count). The lowest BCUT2D eigenvalue weighted by molar-refractivity contribution is -0.116. The minimum atomic E-state index is -0.258. The van der Waals surface area contributed by atoms with Crippen molar-refractivity contribution in [3.05, 3.63) is 53.7 Å². The second-order valence-corrected chi connectivity index (χ2v) is 5.28. The highest BCUT2D eigenvalue weighted by Crippen LogP contribution is 2.20. The lowest BCUT2D eigenvalue weighted by Gasteiger charge is -2.08. The Morgan fingerprint density at radius 2 is 1.91 bits per heavy atom. The van der Waals surface area contributed by atoms with Crippen molar-refractivity contribution in [2.45, 2.75) is 20.0 Å². The van der Waals surface area contributed by atoms with Crippen LogP contribution in [-0.2, 0) is 9.53 Å². The van der Waals surface area contributed by atoms with Crippen molar-refractivity contribution in [3.63, 3.8) is 0 Å². The van der Waals surface area contributed by atoms with Crippen molar-refractivity contribution in [2.75, 3.05) is 0 Å². The predicted octanol–water partition coefficient (Wildman–Crippen LogP) is 2.93. The number of ether oxygens (including phenoxy) is 1. The average molecular weight is 295 g/mol. The number of aromatic amines is 1. The summed E-state index contributed by atoms with van der Waals surface area (Å²) in [4.78, 5) is 15.1. The van der Waals surface area contributed by atoms with Crippen LogP contribution in [-0.4, -0.2) is 22.9 Å². The smallest absolute Gasteiger partial charge is 0.277 e. The summed E-state index contributed by atoms with van der Waals surface area (Å²) in [6.45, 7) is 3.79. The molecule has 0 bridgehead atoms. The van der Waals surface area contributed by atoms with Gasteiger partial charge in [-0.1, -0.05) is 30.3 Å². The maximum atomic E-state index is 11.9. The van der Waals surface area contributed by atoms with Gasteiger partial charge >= 0.3 is 0 Å². The second kappa shape index (κ2) is 5.89. The molecule has 5 heteroatoms. The molecule has 0 saturated carbocycles. The van der Waals surface area contributed by atoms with Crippen molar-refractivity contribution >= 4 is 17.9 Å². The SMILES string of the molecule is CC(C)OC1=NNC(=O)C1=Cc1ccc(-c2ccccc2)[nH]1. The maximum absolute atomic E-state index is 11.9. The molecule has 1 aromatic heterocycles. The van der Waals surface area contributed by atoms with Crippen LogP contribution in [0.4, 0.5) is 0 Å². The molecule has 2 N–H and O–H groups in total. The molecule has 0 unspecified atom stereocenters. The molecule has 1 aromatic carbocycles. The summed E-state index contributed by atoms with van der Waals surface area (Å²) in [5.41, 5.74) is 5.76. The maximum Gasteiger partial charge on any atom is 0.277 e. The Hall–Kier alpha value is -2.82. The van der Waals surface area contributed by atoms with Gasteiger partial charge in [0.1, 0.15) is 5.57 Å². The van der Waals surface area contributed by atoms with Crippen molar-refractivity contribution in [2.24, 2.45) is 5.10 Å². The lowest BCUT2D eigenvalue weighted by atomic mass is 10.2. The van der Waals surface area contributed by atoms with E-state index in [1.54, 1.807) is 6.08 Å². The summed E-state index contributed by atoms with van der Waals surface area (Å²) < 4.78 is 5.54. The number of hydrogen-bond donors (Lipinski definition) is 2. The first-order valence-corrected chi connectivity index (χ1v) is 7.14. The van der Waals surface area contributed by atoms with Crippen LogP contribution >= 0.6 is 0 Å². The topological polar surface area (TPSA) is 66.5 Å². The number of carbonyl (C=O) groups is 1. The van der Waals surface area contributed by atoms with E-state index in [-0.39, 0.29) is 12.0 Å². The van der Waals surface area contributed by atoms with Crippen LogP contribution in [0.3, 0.4) is 0 Å². The Labute approximate surface area is 128 Å². The number of rotatable bonds is 3. The Morgan fingerprint density at radius 1 is 1.14 bits per heavy atom. The second-order valence-electron chi connectivity index (χ2n) is 5.28. The number of benzene rings is 1. The molecule has 0 fully saturated rings. The molecule has 1 aliphatic heterocycles. The van der Waals surface area contributed by atoms with Gasteiger partial charge in [0.05, 0.1) is 6.10 Å². The standard InChI is InChI=1S/C17H17N3O2/c1-11(2)22-17-14(16(21)19-20-17)10-13-8-9-15(18-13)12-6-4-3-5-7-12/h3-11,18H,1-2H3,(H,19,21). The Kier molecular flexibility index (Phi) is 3.78. The summed E-state index contributed by atoms with van der Waals surface area (Å²) >= 11 is 0. The van der Waals surface area contributed by atoms with Gasteiger partial charge in [-0.25, -0.2) is 5.43 Å². The van der Waals surface area contributed by atoms with Crippen LogP contribution in [0.5, 0.6) is 0 Å². The monoisotopic (exact) mass is 295 g/mol. The van der Waals surface area contributed by atoms with E-state index in [9.17, 15) is 4.79 Å². The van der Waals surface area contributed by atoms with Crippen LogP contribution < -0.4 is 5.43 Å². The minimum Gasteiger partial charge on any atom is -0.473 e. The third kappa shape index (κ3) is 2.93. The van der Waals surface area contributed by atoms with Gasteiger partial charge in [0.2, 0.25) is 5.90 Å². The number of hydrogen-bond acceptors (Lipinski definition) is 3. The quantitative estimate of drug-likeness (QED) is 0.855. The fourth-order valence-corrected chi connectivity index (χ4v) is 2.20. The number of aromatic nitrogens is 1. The van der Waals surface area contributed by atoms with E-state index < -0.39 is 0 Å². The number of amides is 1. The van der Waals surface area contributed by atoms with E-state index >= 15 is 0 Å². The molecule has 0 aliphatic carbocycles. The minimum absolute atomic E-state index is 0.0432. The molecule has 5 nitrogen and oxygen atoms in total. The Balaban J connectivity index is 1.87. The van der Waals surface area contributed by atoms with Gasteiger partial charge in [-0.2, -0.15) is 0 Å². The molecule has 1 aliphatic rings. The number of H-pyrrole nitrogens is 1. The van der Waals surface area contributed by atoms with Crippen LogP contribution in [0.1, 0.15) is 19.5 Å². The number of carbonyl (C=O) groups excluding carboxylic acids is 1. The zero-order valence-electron chi connectivity index (χ0n) is 12.5. The van der Waals surface area contributed by atoms with Gasteiger partial charge in [0.25, 0.3) is 5.91 Å². The highest BCUT2D eigenvalue weighted by atomic mass is 16.5. The molecular weight excluding hydrogens is 278 g/mol. The first-order chi connectivity index (χ1) is 10.6. The molecule has 2 heterocycles. The molecule has 0 saturated heterocycles. The van der Waals surface area contributed by atoms with Gasteiger partial charge in [-0.3, -0.25) is 4.79 Å². The van der Waals surface area contributed by atoms with Crippen molar-refractivity contribution in [1.29, 1.82) is 0 Å². The van der Waals surface area contributed by atoms with E-state index in [0.29, 0.717) is 11.5 Å². The van der Waals surface area contributed by atoms with Crippen LogP contribution in [0, 0.1) is 0 Å². The van der Waals surface area contributed by atoms with Gasteiger partial charge in [-0.05, 0) is 37.6 Å². The lowest BCUT2D eigenvalue weighted by Crippen LogP contribution is -2.16. The van der Waals surface area contributed by atoms with Crippen molar-refractivity contribution in [3.8, 4) is 11.3 Å². The van der Waals surface area contributed by atoms with E-state index in [2.05, 4.69) is 15.5 Å². The van der Waals surface area contributed by atoms with E-state index in [4.69, 9.17) is 4.74 Å². The van der Waals surface area contributed by atoms with Gasteiger partial charge in [0.15, 0.2) is 0 Å². The van der Waals surface area contributed by atoms with Crippen LogP contribution in [0.15, 0.2) is 53.1 Å². The zero-order chi connectivity index (χ0) is 15.5. The Morgan fingerprint density at radius 3 is 2.64 bits per heavy atom. The number of nitrogens with zero attached hydrogens (tertiary/aromatic N) is 1. The summed E-state index contributed by atoms with van der Waals surface area (Å²) in [6, 6.07) is 13.9. The summed E-state index contributed by atoms with van der Waals surface area (Å²) in [5, 5.41) is 3.91. The first-order valence-electron chi connectivity index (χ1n) is 7.14. The fraction of sp³-hybridized carbons (Fsp3) is 0.176. The van der Waals surface area contributed by atoms with E-state index in [1.165, 1.54) is 0 Å². The molecular formula is C17H17N3O2. The number of hydrazone groups is 1. The highest BCUT2D eigenvalue weighted by Gasteiger charge is 2.25. The molecule has 112 valence electrons. The number of nitrogens with one attached hydrogen (secondary N) is 2. The van der Waals surface area contributed by atoms with E-state index in [0.717, 1.165) is 17.0 Å². The molecule has 2 aromatic rings. The molecule has 22 heavy (non-hydrogen) atoms. The Bertz CT molecular complexity index is 742. The average Bonchev–Trinajstić information content (AvgIpc) is 3.10. The largest absolute Gasteiger partial charge is 0.473 e. The molecule has 1 amide bonds. The molecule has 0 atom stereocenters. The van der Waals surface area contributed by atoms with Crippen molar-refractivity contribution in [1.82, 2.24) is 10.4 Å². The molecule has 0 spiro atoms. The highest BCUT2D eigenvalue weighted by molar-refractivity contribution is 6.24. The normalized spacial score (nSPS) is 16.0. The molecule has 0 radical (unpaired) electrons. The summed E-state index contributed by atoms with van der Waals surface area (Å²) in [6.07, 6.45) is 1.70. The fourth-order valence-electron chi connectivity index (χ4n) is 2.20. The van der Waals surface area contributed by atoms with Crippen molar-refractivity contribution < 1.29 is 9.53 Å². The van der Waals surface area contributed by atoms with Crippen LogP contribution in [0.25, 0.3) is 17.3 Å². The predicted molar refractivity (Wildman–Crippen MR) is 86.0 cm³/mol. The van der Waals surface area contributed by atoms with E-state index in [1.807, 2.05) is 56.3 Å². The van der Waals surface area contributed by atoms with Crippen LogP contribution in [0.2, 0.25) is 0 Å². The third-order valence-corrected chi connectivity index (χ3v) is 3.17. The summed E-state index contributed by atoms with van der Waals surface area (Å²) in [7, 11) is 0. The van der Waals surface area contributed by atoms with Gasteiger partial charge in [-0.15, -0.1) is 5.10 Å². The third-order valence-electron chi connectivity index (χ3n) is 3.17. The van der Waals surface area contributed by atoms with Gasteiger partial charge in [0, 0.05) is 11.4 Å². The first kappa shape index (κ1) is 14.1. The van der Waals surface area contributed by atoms with Gasteiger partial charge < -0.3 is 9.72 Å². The summed E-state index contributed by atoms with van der Waals surface area (Å²) in [5.74, 6) is 0.0716. The zero-order valence-corrected chi connectivity index (χ0v) is 12.5.